The number of nitrogens with zero attached hydrogens (tertiary/aromatic N) is 2. The molecule has 1 aromatic carbocycles. The summed E-state index contributed by atoms with van der Waals surface area (Å²) in [5.41, 5.74) is 2.08. The van der Waals surface area contributed by atoms with Crippen LogP contribution in [0.1, 0.15) is 30.9 Å². The van der Waals surface area contributed by atoms with Crippen LogP contribution in [0.15, 0.2) is 24.3 Å². The summed E-state index contributed by atoms with van der Waals surface area (Å²) >= 11 is 0. The number of aryl methyl sites for hydroxylation is 1. The summed E-state index contributed by atoms with van der Waals surface area (Å²) in [5.74, 6) is -1.45. The Morgan fingerprint density at radius 3 is 2.52 bits per heavy atom. The Kier molecular flexibility index (Phi) is 5.03. The van der Waals surface area contributed by atoms with Gasteiger partial charge in [-0.2, -0.15) is 0 Å². The molecule has 0 aromatic heterocycles. The first-order valence-electron chi connectivity index (χ1n) is 7.65. The van der Waals surface area contributed by atoms with E-state index in [1.165, 1.54) is 18.9 Å². The summed E-state index contributed by atoms with van der Waals surface area (Å²) < 4.78 is 0. The molecular formula is C17H22N2O4. The summed E-state index contributed by atoms with van der Waals surface area (Å²) in [7, 11) is 1.47. The van der Waals surface area contributed by atoms with Gasteiger partial charge in [-0.15, -0.1) is 0 Å². The number of rotatable bonds is 5. The molecule has 6 nitrogen and oxygen atoms in total. The molecule has 1 heterocycles. The second kappa shape index (κ2) is 6.81. The first-order valence-corrected chi connectivity index (χ1v) is 7.65. The van der Waals surface area contributed by atoms with E-state index >= 15 is 0 Å². The lowest BCUT2D eigenvalue weighted by Gasteiger charge is -2.30. The van der Waals surface area contributed by atoms with Gasteiger partial charge in [0.05, 0.1) is 0 Å². The highest BCUT2D eigenvalue weighted by atomic mass is 16.4. The number of carboxylic acids is 1. The number of hydrogen-bond donors (Lipinski definition) is 1. The highest BCUT2D eigenvalue weighted by Gasteiger charge is 2.39. The third kappa shape index (κ3) is 3.70. The summed E-state index contributed by atoms with van der Waals surface area (Å²) in [6.07, 6.45) is 0.748. The van der Waals surface area contributed by atoms with Crippen LogP contribution in [0.4, 0.5) is 0 Å². The third-order valence-electron chi connectivity index (χ3n) is 4.37. The van der Waals surface area contributed by atoms with Crippen LogP contribution in [-0.4, -0.2) is 51.8 Å². The number of likely N-dealkylation sites (N-methyl/N-ethyl adjacent to an activating group) is 1. The van der Waals surface area contributed by atoms with Gasteiger partial charge in [-0.25, -0.2) is 4.79 Å². The molecule has 2 atom stereocenters. The molecule has 1 aliphatic heterocycles. The largest absolute Gasteiger partial charge is 0.480 e. The summed E-state index contributed by atoms with van der Waals surface area (Å²) in [5, 5.41) is 9.05. The first-order chi connectivity index (χ1) is 10.8. The minimum atomic E-state index is -1.06. The molecule has 1 aromatic rings. The third-order valence-corrected chi connectivity index (χ3v) is 4.37. The highest BCUT2D eigenvalue weighted by Crippen LogP contribution is 2.23. The van der Waals surface area contributed by atoms with E-state index in [1.54, 1.807) is 4.90 Å². The van der Waals surface area contributed by atoms with Crippen LogP contribution < -0.4 is 0 Å². The van der Waals surface area contributed by atoms with Gasteiger partial charge in [0.2, 0.25) is 11.8 Å². The second-order valence-electron chi connectivity index (χ2n) is 6.03. The predicted molar refractivity (Wildman–Crippen MR) is 84.6 cm³/mol. The van der Waals surface area contributed by atoms with E-state index in [-0.39, 0.29) is 11.8 Å². The molecule has 0 unspecified atom stereocenters. The van der Waals surface area contributed by atoms with E-state index in [1.807, 2.05) is 31.2 Å². The van der Waals surface area contributed by atoms with E-state index in [0.717, 1.165) is 11.1 Å². The molecule has 1 fully saturated rings. The smallest absolute Gasteiger partial charge is 0.326 e. The van der Waals surface area contributed by atoms with Crippen molar-refractivity contribution in [1.82, 2.24) is 9.80 Å². The molecule has 2 amide bonds. The van der Waals surface area contributed by atoms with Crippen molar-refractivity contribution in [3.05, 3.63) is 35.4 Å². The zero-order chi connectivity index (χ0) is 17.1. The van der Waals surface area contributed by atoms with Gasteiger partial charge < -0.3 is 14.9 Å². The topological polar surface area (TPSA) is 77.9 Å². The number of hydrogen-bond acceptors (Lipinski definition) is 3. The number of carbonyl (C=O) groups is 3. The number of aliphatic carboxylic acids is 1. The molecule has 1 saturated heterocycles. The fourth-order valence-electron chi connectivity index (χ4n) is 2.67. The predicted octanol–water partition coefficient (Wildman–Crippen LogP) is 1.42. The molecule has 6 heteroatoms. The molecule has 2 rings (SSSR count). The Balaban J connectivity index is 2.14. The zero-order valence-electron chi connectivity index (χ0n) is 13.7. The molecule has 0 bridgehead atoms. The van der Waals surface area contributed by atoms with Crippen molar-refractivity contribution < 1.29 is 19.5 Å². The highest BCUT2D eigenvalue weighted by molar-refractivity contribution is 5.92. The lowest BCUT2D eigenvalue weighted by atomic mass is 10.1. The summed E-state index contributed by atoms with van der Waals surface area (Å²) in [4.78, 5) is 38.5. The molecular weight excluding hydrogens is 296 g/mol. The quantitative estimate of drug-likeness (QED) is 0.890. The van der Waals surface area contributed by atoms with Crippen LogP contribution in [0.25, 0.3) is 0 Å². The van der Waals surface area contributed by atoms with Gasteiger partial charge in [0.25, 0.3) is 0 Å². The van der Waals surface area contributed by atoms with Crippen molar-refractivity contribution in [2.24, 2.45) is 0 Å². The lowest BCUT2D eigenvalue weighted by molar-refractivity contribution is -0.151. The molecule has 1 N–H and O–H groups in total. The fraction of sp³-hybridized carbons (Fsp3) is 0.471. The van der Waals surface area contributed by atoms with Crippen molar-refractivity contribution in [2.45, 2.75) is 45.3 Å². The van der Waals surface area contributed by atoms with Crippen LogP contribution in [-0.2, 0) is 20.9 Å². The van der Waals surface area contributed by atoms with Gasteiger partial charge in [-0.1, -0.05) is 29.8 Å². The number of carboxylic acid groups (broad SMARTS) is 1. The number of benzene rings is 1. The van der Waals surface area contributed by atoms with Crippen LogP contribution >= 0.6 is 0 Å². The lowest BCUT2D eigenvalue weighted by Crippen LogP contribution is -2.49. The van der Waals surface area contributed by atoms with E-state index in [9.17, 15) is 14.4 Å². The standard InChI is InChI=1S/C17H22N2O4/c1-11-4-6-13(7-5-11)10-19-14(8-9-15(19)20)16(21)18(3)12(2)17(22)23/h4-7,12,14H,8-10H2,1-3H3,(H,22,23)/t12-,14+/m1/s1. The number of amides is 2. The maximum absolute atomic E-state index is 12.6. The summed E-state index contributed by atoms with van der Waals surface area (Å²) in [6.45, 7) is 3.81. The molecule has 0 radical (unpaired) electrons. The molecule has 23 heavy (non-hydrogen) atoms. The van der Waals surface area contributed by atoms with E-state index < -0.39 is 18.1 Å². The van der Waals surface area contributed by atoms with E-state index in [0.29, 0.717) is 19.4 Å². The van der Waals surface area contributed by atoms with E-state index in [2.05, 4.69) is 0 Å². The average Bonchev–Trinajstić information content (AvgIpc) is 2.88. The first kappa shape index (κ1) is 17.0. The van der Waals surface area contributed by atoms with Gasteiger partial charge in [-0.3, -0.25) is 9.59 Å². The van der Waals surface area contributed by atoms with Gasteiger partial charge in [0, 0.05) is 20.0 Å². The Morgan fingerprint density at radius 1 is 1.35 bits per heavy atom. The van der Waals surface area contributed by atoms with Crippen molar-refractivity contribution >= 4 is 17.8 Å². The van der Waals surface area contributed by atoms with Crippen molar-refractivity contribution in [3.8, 4) is 0 Å². The van der Waals surface area contributed by atoms with Gasteiger partial charge in [0.15, 0.2) is 0 Å². The normalized spacial score (nSPS) is 18.8. The maximum atomic E-state index is 12.6. The Bertz CT molecular complexity index is 612. The molecule has 0 saturated carbocycles. The monoisotopic (exact) mass is 318 g/mol. The Morgan fingerprint density at radius 2 is 1.96 bits per heavy atom. The SMILES string of the molecule is Cc1ccc(CN2C(=O)CC[C@H]2C(=O)N(C)[C@H](C)C(=O)O)cc1. The second-order valence-corrected chi connectivity index (χ2v) is 6.03. The minimum absolute atomic E-state index is 0.0692. The van der Waals surface area contributed by atoms with Crippen molar-refractivity contribution in [3.63, 3.8) is 0 Å². The number of carbonyl (C=O) groups excluding carboxylic acids is 2. The molecule has 1 aliphatic rings. The summed E-state index contributed by atoms with van der Waals surface area (Å²) in [6, 6.07) is 6.30. The van der Waals surface area contributed by atoms with Gasteiger partial charge in [-0.05, 0) is 25.8 Å². The fourth-order valence-corrected chi connectivity index (χ4v) is 2.67. The van der Waals surface area contributed by atoms with Crippen molar-refractivity contribution in [1.29, 1.82) is 0 Å². The molecule has 124 valence electrons. The van der Waals surface area contributed by atoms with Crippen LogP contribution in [0.2, 0.25) is 0 Å². The van der Waals surface area contributed by atoms with Gasteiger partial charge >= 0.3 is 5.97 Å². The minimum Gasteiger partial charge on any atom is -0.480 e. The molecule has 0 aliphatic carbocycles. The van der Waals surface area contributed by atoms with Crippen molar-refractivity contribution in [2.75, 3.05) is 7.05 Å². The van der Waals surface area contributed by atoms with Gasteiger partial charge in [0.1, 0.15) is 12.1 Å². The maximum Gasteiger partial charge on any atom is 0.326 e. The zero-order valence-corrected chi connectivity index (χ0v) is 13.7. The Labute approximate surface area is 135 Å². The van der Waals surface area contributed by atoms with Crippen LogP contribution in [0.5, 0.6) is 0 Å². The van der Waals surface area contributed by atoms with Crippen LogP contribution in [0.3, 0.4) is 0 Å². The van der Waals surface area contributed by atoms with Crippen LogP contribution in [0, 0.1) is 6.92 Å². The number of likely N-dealkylation sites (tertiary alicyclic amines) is 1. The average molecular weight is 318 g/mol. The Hall–Kier alpha value is -2.37. The van der Waals surface area contributed by atoms with E-state index in [4.69, 9.17) is 5.11 Å². The molecule has 0 spiro atoms.